The number of carbonyl (C=O) groups excluding carboxylic acids is 1. The van der Waals surface area contributed by atoms with Gasteiger partial charge in [0.2, 0.25) is 11.8 Å². The van der Waals surface area contributed by atoms with Gasteiger partial charge in [-0.25, -0.2) is 18.7 Å². The van der Waals surface area contributed by atoms with Crippen LogP contribution in [-0.4, -0.2) is 37.7 Å². The fourth-order valence-electron chi connectivity index (χ4n) is 4.00. The first kappa shape index (κ1) is 20.5. The van der Waals surface area contributed by atoms with E-state index in [1.54, 1.807) is 18.0 Å². The lowest BCUT2D eigenvalue weighted by Gasteiger charge is -2.25. The van der Waals surface area contributed by atoms with Crippen LogP contribution in [0.1, 0.15) is 25.0 Å². The van der Waals surface area contributed by atoms with E-state index in [4.69, 9.17) is 9.47 Å². The first-order chi connectivity index (χ1) is 15.3. The number of methoxy groups -OCH3 is 1. The van der Waals surface area contributed by atoms with E-state index < -0.39 is 22.6 Å². The summed E-state index contributed by atoms with van der Waals surface area (Å²) >= 11 is 0. The van der Waals surface area contributed by atoms with Gasteiger partial charge in [0, 0.05) is 17.8 Å². The van der Waals surface area contributed by atoms with Crippen LogP contribution in [0.3, 0.4) is 0 Å². The topological polar surface area (TPSA) is 107 Å². The molecule has 32 heavy (non-hydrogen) atoms. The number of aryl methyl sites for hydroxylation is 1. The van der Waals surface area contributed by atoms with Gasteiger partial charge in [-0.3, -0.25) is 4.72 Å². The lowest BCUT2D eigenvalue weighted by atomic mass is 9.84. The minimum absolute atomic E-state index is 0.339. The molecule has 1 aliphatic heterocycles. The second-order valence-corrected chi connectivity index (χ2v) is 9.55. The molecule has 2 amide bonds. The zero-order valence-corrected chi connectivity index (χ0v) is 18.8. The third-order valence-electron chi connectivity index (χ3n) is 5.60. The summed E-state index contributed by atoms with van der Waals surface area (Å²) in [5, 5.41) is 7.13. The molecule has 3 aromatic rings. The van der Waals surface area contributed by atoms with Gasteiger partial charge in [0.25, 0.3) is 0 Å². The summed E-state index contributed by atoms with van der Waals surface area (Å²) in [5.74, 6) is 0.904. The molecule has 5 rings (SSSR count). The molecule has 0 bridgehead atoms. The second kappa shape index (κ2) is 7.63. The number of carbonyl (C=O) groups is 1. The van der Waals surface area contributed by atoms with Crippen LogP contribution in [0, 0.1) is 0 Å². The van der Waals surface area contributed by atoms with Crippen molar-refractivity contribution < 1.29 is 18.5 Å². The molecule has 1 aliphatic carbocycles. The quantitative estimate of drug-likeness (QED) is 0.615. The van der Waals surface area contributed by atoms with Crippen molar-refractivity contribution in [3.8, 4) is 22.9 Å². The number of nitrogens with zero attached hydrogens (tertiary/aromatic N) is 3. The van der Waals surface area contributed by atoms with E-state index in [2.05, 4.69) is 26.2 Å². The average molecular weight is 454 g/mol. The summed E-state index contributed by atoms with van der Waals surface area (Å²) in [6, 6.07) is 7.15. The fraction of sp³-hybridized carbons (Fsp3) is 0.318. The standard InChI is InChI=1S/C22H23N5O4S/c1-22(2)12-27-20(31-22)17(11-24-27)32(29)26-21(28)25-19-15-6-4-13(15)5-7-16(19)14-8-9-23-18(10-14)30-3/h5,7-11H,4,6,12H2,1-3H3,(H2,25,26,28). The number of rotatable bonds is 5. The largest absolute Gasteiger partial charge is 0.481 e. The molecule has 10 heteroatoms. The maximum atomic E-state index is 12.9. The van der Waals surface area contributed by atoms with Gasteiger partial charge in [0.05, 0.1) is 25.5 Å². The number of hydrogen-bond donors (Lipinski definition) is 2. The summed E-state index contributed by atoms with van der Waals surface area (Å²) in [5.41, 5.74) is 4.26. The Morgan fingerprint density at radius 1 is 1.28 bits per heavy atom. The Balaban J connectivity index is 1.39. The summed E-state index contributed by atoms with van der Waals surface area (Å²) in [7, 11) is -0.262. The van der Waals surface area contributed by atoms with Gasteiger partial charge in [-0.15, -0.1) is 0 Å². The molecule has 2 N–H and O–H groups in total. The lowest BCUT2D eigenvalue weighted by Crippen LogP contribution is -2.32. The smallest absolute Gasteiger partial charge is 0.331 e. The molecular formula is C22H23N5O4S. The van der Waals surface area contributed by atoms with Crippen molar-refractivity contribution in [2.75, 3.05) is 12.4 Å². The molecule has 3 heterocycles. The summed E-state index contributed by atoms with van der Waals surface area (Å²) in [6.45, 7) is 4.41. The Labute approximate surface area is 187 Å². The normalized spacial score (nSPS) is 16.2. The predicted octanol–water partition coefficient (Wildman–Crippen LogP) is 3.07. The van der Waals surface area contributed by atoms with Gasteiger partial charge in [-0.05, 0) is 49.4 Å². The Morgan fingerprint density at radius 3 is 2.88 bits per heavy atom. The summed E-state index contributed by atoms with van der Waals surface area (Å²) in [4.78, 5) is 17.3. The highest BCUT2D eigenvalue weighted by molar-refractivity contribution is 7.83. The molecule has 0 saturated carbocycles. The number of fused-ring (bicyclic) bond motifs is 2. The van der Waals surface area contributed by atoms with Gasteiger partial charge in [0.1, 0.15) is 10.5 Å². The second-order valence-electron chi connectivity index (χ2n) is 8.37. The van der Waals surface area contributed by atoms with Crippen molar-refractivity contribution in [2.45, 2.75) is 43.7 Å². The fourth-order valence-corrected chi connectivity index (χ4v) is 4.78. The van der Waals surface area contributed by atoms with Crippen LogP contribution in [0.4, 0.5) is 10.5 Å². The van der Waals surface area contributed by atoms with E-state index in [0.717, 1.165) is 29.5 Å². The molecule has 1 unspecified atom stereocenters. The Kier molecular flexibility index (Phi) is 4.89. The first-order valence-corrected chi connectivity index (χ1v) is 11.4. The van der Waals surface area contributed by atoms with Crippen LogP contribution < -0.4 is 19.5 Å². The Bertz CT molecular complexity index is 1250. The molecule has 2 aliphatic rings. The minimum atomic E-state index is -1.82. The van der Waals surface area contributed by atoms with Gasteiger partial charge in [0.15, 0.2) is 11.0 Å². The molecular weight excluding hydrogens is 430 g/mol. The van der Waals surface area contributed by atoms with E-state index in [9.17, 15) is 9.00 Å². The highest BCUT2D eigenvalue weighted by atomic mass is 32.2. The van der Waals surface area contributed by atoms with Crippen LogP contribution in [0.2, 0.25) is 0 Å². The minimum Gasteiger partial charge on any atom is -0.481 e. The third kappa shape index (κ3) is 3.60. The number of benzene rings is 1. The lowest BCUT2D eigenvalue weighted by molar-refractivity contribution is 0.132. The molecule has 0 radical (unpaired) electrons. The SMILES string of the molecule is COc1cc(-c2ccc3c(c2NC(=O)NS(=O)c2cnn4c2OC(C)(C)C4)CC3)ccn1. The van der Waals surface area contributed by atoms with Crippen molar-refractivity contribution in [1.29, 1.82) is 0 Å². The number of nitrogens with one attached hydrogen (secondary N) is 2. The van der Waals surface area contributed by atoms with Crippen LogP contribution in [0.5, 0.6) is 11.8 Å². The van der Waals surface area contributed by atoms with E-state index in [1.807, 2.05) is 32.0 Å². The van der Waals surface area contributed by atoms with Crippen molar-refractivity contribution in [1.82, 2.24) is 19.5 Å². The zero-order valence-electron chi connectivity index (χ0n) is 18.0. The summed E-state index contributed by atoms with van der Waals surface area (Å²) < 4.78 is 28.1. The molecule has 166 valence electrons. The van der Waals surface area contributed by atoms with E-state index in [1.165, 1.54) is 11.8 Å². The molecule has 0 spiro atoms. The maximum Gasteiger partial charge on any atom is 0.331 e. The van der Waals surface area contributed by atoms with Crippen molar-refractivity contribution in [3.63, 3.8) is 0 Å². The average Bonchev–Trinajstić information content (AvgIpc) is 3.24. The number of ether oxygens (including phenoxy) is 2. The number of amides is 2. The van der Waals surface area contributed by atoms with Crippen LogP contribution in [-0.2, 0) is 30.4 Å². The van der Waals surface area contributed by atoms with E-state index in [-0.39, 0.29) is 0 Å². The number of aromatic nitrogens is 3. The van der Waals surface area contributed by atoms with Gasteiger partial charge >= 0.3 is 6.03 Å². The Morgan fingerprint density at radius 2 is 2.12 bits per heavy atom. The number of urea groups is 1. The Hall–Kier alpha value is -3.40. The number of anilines is 1. The molecule has 2 aromatic heterocycles. The zero-order chi connectivity index (χ0) is 22.5. The number of pyridine rings is 1. The van der Waals surface area contributed by atoms with Gasteiger partial charge in [-0.1, -0.05) is 12.1 Å². The van der Waals surface area contributed by atoms with Crippen molar-refractivity contribution in [2.24, 2.45) is 0 Å². The monoisotopic (exact) mass is 453 g/mol. The highest BCUT2D eigenvalue weighted by Gasteiger charge is 2.35. The predicted molar refractivity (Wildman–Crippen MR) is 119 cm³/mol. The maximum absolute atomic E-state index is 12.9. The van der Waals surface area contributed by atoms with Crippen LogP contribution in [0.15, 0.2) is 41.6 Å². The van der Waals surface area contributed by atoms with Gasteiger partial charge < -0.3 is 14.8 Å². The number of hydrogen-bond acceptors (Lipinski definition) is 6. The van der Waals surface area contributed by atoms with Gasteiger partial charge in [-0.2, -0.15) is 5.10 Å². The van der Waals surface area contributed by atoms with E-state index >= 15 is 0 Å². The molecule has 1 aromatic carbocycles. The van der Waals surface area contributed by atoms with E-state index in [0.29, 0.717) is 28.9 Å². The van der Waals surface area contributed by atoms with Crippen molar-refractivity contribution >= 4 is 22.7 Å². The summed E-state index contributed by atoms with van der Waals surface area (Å²) in [6.07, 6.45) is 4.95. The molecule has 0 saturated heterocycles. The third-order valence-corrected chi connectivity index (χ3v) is 6.65. The van der Waals surface area contributed by atoms with Crippen molar-refractivity contribution in [3.05, 3.63) is 47.8 Å². The highest BCUT2D eigenvalue weighted by Crippen LogP contribution is 2.39. The van der Waals surface area contributed by atoms with Crippen LogP contribution in [0.25, 0.3) is 11.1 Å². The molecule has 1 atom stereocenters. The van der Waals surface area contributed by atoms with Crippen LogP contribution >= 0.6 is 0 Å². The first-order valence-electron chi connectivity index (χ1n) is 10.2. The molecule has 0 fully saturated rings. The molecule has 9 nitrogen and oxygen atoms in total.